The van der Waals surface area contributed by atoms with E-state index in [0.29, 0.717) is 25.9 Å². The van der Waals surface area contributed by atoms with E-state index in [0.717, 1.165) is 37.9 Å². The minimum atomic E-state index is -3.54. The van der Waals surface area contributed by atoms with Crippen molar-refractivity contribution in [3.63, 3.8) is 0 Å². The second-order valence-corrected chi connectivity index (χ2v) is 11.8. The van der Waals surface area contributed by atoms with Crippen LogP contribution in [0, 0.1) is 24.7 Å². The van der Waals surface area contributed by atoms with E-state index >= 15 is 0 Å². The summed E-state index contributed by atoms with van der Waals surface area (Å²) in [6.07, 6.45) is 4.93. The number of amides is 2. The average molecular weight is 494 g/mol. The van der Waals surface area contributed by atoms with Crippen molar-refractivity contribution in [2.45, 2.75) is 76.3 Å². The van der Waals surface area contributed by atoms with Crippen molar-refractivity contribution in [3.8, 4) is 0 Å². The molecule has 2 aliphatic rings. The molecule has 2 fully saturated rings. The number of ether oxygens (including phenoxy) is 1. The highest BCUT2D eigenvalue weighted by Crippen LogP contribution is 2.29. The van der Waals surface area contributed by atoms with Crippen molar-refractivity contribution in [2.24, 2.45) is 17.8 Å². The van der Waals surface area contributed by atoms with Gasteiger partial charge in [0.2, 0.25) is 21.8 Å². The molecule has 1 unspecified atom stereocenters. The van der Waals surface area contributed by atoms with Crippen molar-refractivity contribution >= 4 is 21.8 Å². The van der Waals surface area contributed by atoms with Crippen molar-refractivity contribution in [3.05, 3.63) is 29.8 Å². The second kappa shape index (κ2) is 12.1. The number of nitrogens with one attached hydrogen (secondary N) is 3. The molecule has 3 N–H and O–H groups in total. The minimum absolute atomic E-state index is 0.0269. The van der Waals surface area contributed by atoms with Gasteiger partial charge in [0.25, 0.3) is 0 Å². The third-order valence-electron chi connectivity index (χ3n) is 6.89. The first-order valence-electron chi connectivity index (χ1n) is 12.4. The predicted octanol–water partition coefficient (Wildman–Crippen LogP) is 2.52. The largest absolute Gasteiger partial charge is 0.376 e. The number of aryl methyl sites for hydroxylation is 1. The lowest BCUT2D eigenvalue weighted by Gasteiger charge is -2.30. The maximum absolute atomic E-state index is 12.9. The first kappa shape index (κ1) is 26.6. The van der Waals surface area contributed by atoms with Gasteiger partial charge in [0, 0.05) is 25.6 Å². The molecule has 9 heteroatoms. The second-order valence-electron chi connectivity index (χ2n) is 9.99. The third kappa shape index (κ3) is 7.52. The van der Waals surface area contributed by atoms with Crippen LogP contribution in [-0.4, -0.2) is 52.1 Å². The minimum Gasteiger partial charge on any atom is -0.376 e. The Labute approximate surface area is 203 Å². The van der Waals surface area contributed by atoms with Crippen molar-refractivity contribution < 1.29 is 22.7 Å². The van der Waals surface area contributed by atoms with Gasteiger partial charge in [-0.25, -0.2) is 13.1 Å². The Morgan fingerprint density at radius 3 is 2.29 bits per heavy atom. The fourth-order valence-corrected chi connectivity index (χ4v) is 5.71. The lowest BCUT2D eigenvalue weighted by molar-refractivity contribution is -0.133. The zero-order chi connectivity index (χ0) is 24.7. The lowest BCUT2D eigenvalue weighted by Crippen LogP contribution is -2.52. The maximum atomic E-state index is 12.9. The molecule has 0 spiro atoms. The molecular weight excluding hydrogens is 454 g/mol. The van der Waals surface area contributed by atoms with E-state index in [2.05, 4.69) is 15.4 Å². The Morgan fingerprint density at radius 2 is 1.71 bits per heavy atom. The van der Waals surface area contributed by atoms with Crippen LogP contribution in [0.5, 0.6) is 0 Å². The molecule has 2 amide bonds. The van der Waals surface area contributed by atoms with E-state index < -0.39 is 16.1 Å². The van der Waals surface area contributed by atoms with E-state index in [-0.39, 0.29) is 40.6 Å². The van der Waals surface area contributed by atoms with E-state index in [1.165, 1.54) is 0 Å². The van der Waals surface area contributed by atoms with Crippen LogP contribution in [-0.2, 0) is 24.3 Å². The van der Waals surface area contributed by atoms with E-state index in [4.69, 9.17) is 4.74 Å². The van der Waals surface area contributed by atoms with Crippen LogP contribution in [0.25, 0.3) is 0 Å². The maximum Gasteiger partial charge on any atom is 0.242 e. The molecule has 1 aliphatic carbocycles. The number of hydrogen-bond donors (Lipinski definition) is 3. The summed E-state index contributed by atoms with van der Waals surface area (Å²) in [5, 5.41) is 5.88. The molecule has 1 aliphatic heterocycles. The number of rotatable bonds is 10. The molecule has 190 valence electrons. The number of hydrogen-bond acceptors (Lipinski definition) is 5. The summed E-state index contributed by atoms with van der Waals surface area (Å²) in [6.45, 7) is 7.34. The molecule has 34 heavy (non-hydrogen) atoms. The van der Waals surface area contributed by atoms with Gasteiger partial charge < -0.3 is 15.4 Å². The monoisotopic (exact) mass is 493 g/mol. The summed E-state index contributed by atoms with van der Waals surface area (Å²) in [5.41, 5.74) is 1.01. The summed E-state index contributed by atoms with van der Waals surface area (Å²) in [6, 6.07) is 6.21. The highest BCUT2D eigenvalue weighted by Gasteiger charge is 2.31. The van der Waals surface area contributed by atoms with Gasteiger partial charge in [0.05, 0.1) is 11.0 Å². The van der Waals surface area contributed by atoms with Crippen molar-refractivity contribution in [2.75, 3.05) is 19.7 Å². The molecule has 1 heterocycles. The summed E-state index contributed by atoms with van der Waals surface area (Å²) >= 11 is 0. The van der Waals surface area contributed by atoms with Gasteiger partial charge in [-0.2, -0.15) is 0 Å². The lowest BCUT2D eigenvalue weighted by atomic mass is 9.81. The summed E-state index contributed by atoms with van der Waals surface area (Å²) in [5.74, 6) is -0.249. The van der Waals surface area contributed by atoms with Gasteiger partial charge in [-0.05, 0) is 69.4 Å². The first-order valence-corrected chi connectivity index (χ1v) is 13.9. The molecule has 0 aromatic heterocycles. The van der Waals surface area contributed by atoms with Crippen LogP contribution in [0.3, 0.4) is 0 Å². The summed E-state index contributed by atoms with van der Waals surface area (Å²) in [7, 11) is -3.54. The fraction of sp³-hybridized carbons (Fsp3) is 0.680. The standard InChI is InChI=1S/C25H39N3O5S/c1-17(2)23(25(30)26-16-21-5-4-14-33-21)28-24(29)20-10-8-19(9-11-20)15-27-34(31,32)22-12-6-18(3)7-13-22/h6-7,12-13,17,19-21,23,27H,4-5,8-11,14-16H2,1-3H3,(H,26,30)(H,28,29)/t19?,20?,21?,23-/m1/s1. The average Bonchev–Trinajstić information content (AvgIpc) is 3.34. The highest BCUT2D eigenvalue weighted by molar-refractivity contribution is 7.89. The molecule has 1 saturated heterocycles. The fourth-order valence-electron chi connectivity index (χ4n) is 4.59. The smallest absolute Gasteiger partial charge is 0.242 e. The number of carbonyl (C=O) groups excluding carboxylic acids is 2. The van der Waals surface area contributed by atoms with Gasteiger partial charge in [-0.15, -0.1) is 0 Å². The Morgan fingerprint density at radius 1 is 1.03 bits per heavy atom. The molecule has 0 radical (unpaired) electrons. The van der Waals surface area contributed by atoms with Gasteiger partial charge >= 0.3 is 0 Å². The highest BCUT2D eigenvalue weighted by atomic mass is 32.2. The Balaban J connectivity index is 1.43. The quantitative estimate of drug-likeness (QED) is 0.464. The topological polar surface area (TPSA) is 114 Å². The molecular formula is C25H39N3O5S. The van der Waals surface area contributed by atoms with E-state index in [1.54, 1.807) is 24.3 Å². The Bertz CT molecular complexity index is 918. The normalized spacial score (nSPS) is 24.1. The molecule has 2 atom stereocenters. The Kier molecular flexibility index (Phi) is 9.50. The van der Waals surface area contributed by atoms with Crippen molar-refractivity contribution in [1.29, 1.82) is 0 Å². The predicted molar refractivity (Wildman–Crippen MR) is 131 cm³/mol. The number of sulfonamides is 1. The van der Waals surface area contributed by atoms with Gasteiger partial charge in [0.1, 0.15) is 6.04 Å². The van der Waals surface area contributed by atoms with Crippen LogP contribution in [0.15, 0.2) is 29.2 Å². The molecule has 1 aromatic rings. The third-order valence-corrected chi connectivity index (χ3v) is 8.33. The molecule has 1 aromatic carbocycles. The van der Waals surface area contributed by atoms with Crippen LogP contribution in [0.2, 0.25) is 0 Å². The van der Waals surface area contributed by atoms with Crippen LogP contribution in [0.1, 0.15) is 57.9 Å². The Hall–Kier alpha value is -1.97. The van der Waals surface area contributed by atoms with Crippen LogP contribution >= 0.6 is 0 Å². The summed E-state index contributed by atoms with van der Waals surface area (Å²) < 4.78 is 33.3. The number of carbonyl (C=O) groups is 2. The van der Waals surface area contributed by atoms with Gasteiger partial charge in [-0.3, -0.25) is 9.59 Å². The zero-order valence-electron chi connectivity index (χ0n) is 20.5. The van der Waals surface area contributed by atoms with E-state index in [9.17, 15) is 18.0 Å². The van der Waals surface area contributed by atoms with Gasteiger partial charge in [-0.1, -0.05) is 31.5 Å². The molecule has 0 bridgehead atoms. The SMILES string of the molecule is Cc1ccc(S(=O)(=O)NCC2CCC(C(=O)N[C@@H](C(=O)NCC3CCCO3)C(C)C)CC2)cc1. The van der Waals surface area contributed by atoms with Crippen LogP contribution < -0.4 is 15.4 Å². The first-order chi connectivity index (χ1) is 16.2. The molecule has 1 saturated carbocycles. The number of benzene rings is 1. The van der Waals surface area contributed by atoms with E-state index in [1.807, 2.05) is 20.8 Å². The zero-order valence-corrected chi connectivity index (χ0v) is 21.3. The summed E-state index contributed by atoms with van der Waals surface area (Å²) in [4.78, 5) is 25.8. The van der Waals surface area contributed by atoms with Crippen LogP contribution in [0.4, 0.5) is 0 Å². The van der Waals surface area contributed by atoms with Crippen molar-refractivity contribution in [1.82, 2.24) is 15.4 Å². The molecule has 3 rings (SSSR count). The van der Waals surface area contributed by atoms with Gasteiger partial charge in [0.15, 0.2) is 0 Å². The molecule has 8 nitrogen and oxygen atoms in total.